The molecule has 2 saturated heterocycles. The molecule has 0 aromatic carbocycles. The number of carbonyl (C=O) groups is 2. The lowest BCUT2D eigenvalue weighted by atomic mass is 10.2. The zero-order chi connectivity index (χ0) is 14.7. The number of carbonyl (C=O) groups excluding carboxylic acids is 2. The third kappa shape index (κ3) is 3.27. The Morgan fingerprint density at radius 1 is 1.38 bits per heavy atom. The van der Waals surface area contributed by atoms with E-state index in [1.807, 2.05) is 0 Å². The third-order valence-corrected chi connectivity index (χ3v) is 3.55. The highest BCUT2D eigenvalue weighted by molar-refractivity contribution is 5.98. The number of morpholine rings is 1. The predicted octanol–water partition coefficient (Wildman–Crippen LogP) is -0.470. The number of hydrogen-bond acceptors (Lipinski definition) is 6. The van der Waals surface area contributed by atoms with Gasteiger partial charge in [-0.25, -0.2) is 9.97 Å². The first-order valence-corrected chi connectivity index (χ1v) is 6.97. The Kier molecular flexibility index (Phi) is 3.96. The van der Waals surface area contributed by atoms with E-state index in [1.54, 1.807) is 6.07 Å². The van der Waals surface area contributed by atoms with Crippen LogP contribution in [0.3, 0.4) is 0 Å². The number of ether oxygens (including phenoxy) is 1. The molecule has 3 heterocycles. The van der Waals surface area contributed by atoms with Crippen molar-refractivity contribution >= 4 is 23.5 Å². The van der Waals surface area contributed by atoms with Crippen LogP contribution >= 0.6 is 0 Å². The average Bonchev–Trinajstić information content (AvgIpc) is 2.95. The number of amides is 2. The van der Waals surface area contributed by atoms with Crippen molar-refractivity contribution in [1.29, 1.82) is 0 Å². The maximum absolute atomic E-state index is 12.0. The summed E-state index contributed by atoms with van der Waals surface area (Å²) in [7, 11) is 0. The van der Waals surface area contributed by atoms with Crippen LogP contribution in [0.2, 0.25) is 0 Å². The van der Waals surface area contributed by atoms with Crippen molar-refractivity contribution in [2.75, 3.05) is 36.5 Å². The minimum absolute atomic E-state index is 0.0909. The quantitative estimate of drug-likeness (QED) is 0.781. The maximum Gasteiger partial charge on any atom is 0.248 e. The molecule has 112 valence electrons. The Morgan fingerprint density at radius 3 is 2.90 bits per heavy atom. The lowest BCUT2D eigenvalue weighted by Crippen LogP contribution is -2.38. The number of anilines is 2. The van der Waals surface area contributed by atoms with E-state index < -0.39 is 6.04 Å². The van der Waals surface area contributed by atoms with Crippen molar-refractivity contribution in [3.8, 4) is 0 Å². The molecule has 2 N–H and O–H groups in total. The summed E-state index contributed by atoms with van der Waals surface area (Å²) in [6.07, 6.45) is 2.33. The monoisotopic (exact) mass is 291 g/mol. The zero-order valence-corrected chi connectivity index (χ0v) is 11.5. The molecule has 2 amide bonds. The van der Waals surface area contributed by atoms with Crippen molar-refractivity contribution in [3.05, 3.63) is 12.4 Å². The lowest BCUT2D eigenvalue weighted by molar-refractivity contribution is -0.122. The van der Waals surface area contributed by atoms with Crippen LogP contribution < -0.4 is 15.5 Å². The predicted molar refractivity (Wildman–Crippen MR) is 74.9 cm³/mol. The second-order valence-corrected chi connectivity index (χ2v) is 5.01. The fourth-order valence-electron chi connectivity index (χ4n) is 2.40. The first kappa shape index (κ1) is 13.7. The van der Waals surface area contributed by atoms with Gasteiger partial charge in [0.15, 0.2) is 0 Å². The Bertz CT molecular complexity index is 544. The van der Waals surface area contributed by atoms with Gasteiger partial charge in [0.25, 0.3) is 0 Å². The van der Waals surface area contributed by atoms with Crippen molar-refractivity contribution in [2.45, 2.75) is 18.9 Å². The van der Waals surface area contributed by atoms with E-state index in [4.69, 9.17) is 4.74 Å². The zero-order valence-electron chi connectivity index (χ0n) is 11.5. The van der Waals surface area contributed by atoms with Gasteiger partial charge in [-0.15, -0.1) is 0 Å². The van der Waals surface area contributed by atoms with E-state index >= 15 is 0 Å². The molecule has 0 saturated carbocycles. The van der Waals surface area contributed by atoms with Crippen LogP contribution in [-0.4, -0.2) is 54.1 Å². The highest BCUT2D eigenvalue weighted by Crippen LogP contribution is 2.16. The van der Waals surface area contributed by atoms with Gasteiger partial charge in [-0.3, -0.25) is 9.59 Å². The van der Waals surface area contributed by atoms with E-state index in [9.17, 15) is 9.59 Å². The molecule has 8 heteroatoms. The molecule has 1 aromatic heterocycles. The molecule has 2 fully saturated rings. The smallest absolute Gasteiger partial charge is 0.248 e. The summed E-state index contributed by atoms with van der Waals surface area (Å²) in [6.45, 7) is 2.87. The molecule has 0 aliphatic carbocycles. The van der Waals surface area contributed by atoms with Crippen LogP contribution in [-0.2, 0) is 14.3 Å². The molecule has 8 nitrogen and oxygen atoms in total. The summed E-state index contributed by atoms with van der Waals surface area (Å²) in [5.74, 6) is 0.871. The highest BCUT2D eigenvalue weighted by Gasteiger charge is 2.27. The minimum Gasteiger partial charge on any atom is -0.378 e. The van der Waals surface area contributed by atoms with Gasteiger partial charge in [0.05, 0.1) is 13.2 Å². The van der Waals surface area contributed by atoms with Crippen LogP contribution in [0.15, 0.2) is 12.4 Å². The molecule has 0 spiro atoms. The number of rotatable bonds is 3. The van der Waals surface area contributed by atoms with Gasteiger partial charge in [0.1, 0.15) is 24.0 Å². The van der Waals surface area contributed by atoms with Crippen LogP contribution in [0.4, 0.5) is 11.6 Å². The van der Waals surface area contributed by atoms with Crippen molar-refractivity contribution < 1.29 is 14.3 Å². The van der Waals surface area contributed by atoms with E-state index in [1.165, 1.54) is 6.33 Å². The summed E-state index contributed by atoms with van der Waals surface area (Å²) in [5, 5.41) is 5.35. The SMILES string of the molecule is O=C1CCC(C(=O)Nc2cc(N3CCOCC3)ncn2)N1. The minimum atomic E-state index is -0.473. The topological polar surface area (TPSA) is 96.5 Å². The van der Waals surface area contributed by atoms with Gasteiger partial charge in [0, 0.05) is 25.6 Å². The molecule has 2 aliphatic rings. The van der Waals surface area contributed by atoms with Gasteiger partial charge < -0.3 is 20.3 Å². The molecule has 2 aliphatic heterocycles. The largest absolute Gasteiger partial charge is 0.378 e. The van der Waals surface area contributed by atoms with Crippen LogP contribution in [0, 0.1) is 0 Å². The summed E-state index contributed by atoms with van der Waals surface area (Å²) < 4.78 is 5.30. The van der Waals surface area contributed by atoms with Crippen LogP contribution in [0.25, 0.3) is 0 Å². The Labute approximate surface area is 121 Å². The van der Waals surface area contributed by atoms with E-state index in [-0.39, 0.29) is 11.8 Å². The van der Waals surface area contributed by atoms with Gasteiger partial charge in [0.2, 0.25) is 11.8 Å². The summed E-state index contributed by atoms with van der Waals surface area (Å²) in [6, 6.07) is 1.26. The summed E-state index contributed by atoms with van der Waals surface area (Å²) in [4.78, 5) is 33.5. The van der Waals surface area contributed by atoms with Gasteiger partial charge in [-0.2, -0.15) is 0 Å². The Morgan fingerprint density at radius 2 is 2.19 bits per heavy atom. The lowest BCUT2D eigenvalue weighted by Gasteiger charge is -2.27. The van der Waals surface area contributed by atoms with E-state index in [0.29, 0.717) is 31.9 Å². The van der Waals surface area contributed by atoms with Crippen molar-refractivity contribution in [1.82, 2.24) is 15.3 Å². The second kappa shape index (κ2) is 6.04. The number of hydrogen-bond donors (Lipinski definition) is 2. The normalized spacial score (nSPS) is 22.0. The van der Waals surface area contributed by atoms with Crippen molar-refractivity contribution in [3.63, 3.8) is 0 Å². The van der Waals surface area contributed by atoms with E-state index in [0.717, 1.165) is 18.9 Å². The summed E-state index contributed by atoms with van der Waals surface area (Å²) in [5.41, 5.74) is 0. The average molecular weight is 291 g/mol. The van der Waals surface area contributed by atoms with Gasteiger partial charge in [-0.05, 0) is 6.42 Å². The fourth-order valence-corrected chi connectivity index (χ4v) is 2.40. The van der Waals surface area contributed by atoms with Gasteiger partial charge in [-0.1, -0.05) is 0 Å². The molecule has 21 heavy (non-hydrogen) atoms. The Hall–Kier alpha value is -2.22. The standard InChI is InChI=1S/C13H17N5O3/c19-12-2-1-9(16-12)13(20)17-10-7-11(15-8-14-10)18-3-5-21-6-4-18/h7-9H,1-6H2,(H,16,19)(H,14,15,17,20). The number of aromatic nitrogens is 2. The Balaban J connectivity index is 1.65. The van der Waals surface area contributed by atoms with Crippen LogP contribution in [0.1, 0.15) is 12.8 Å². The molecule has 1 unspecified atom stereocenters. The molecular weight excluding hydrogens is 274 g/mol. The van der Waals surface area contributed by atoms with Gasteiger partial charge >= 0.3 is 0 Å². The molecule has 0 bridgehead atoms. The second-order valence-electron chi connectivity index (χ2n) is 5.01. The molecular formula is C13H17N5O3. The number of nitrogens with one attached hydrogen (secondary N) is 2. The highest BCUT2D eigenvalue weighted by atomic mass is 16.5. The first-order valence-electron chi connectivity index (χ1n) is 6.97. The first-order chi connectivity index (χ1) is 10.2. The molecule has 1 atom stereocenters. The van der Waals surface area contributed by atoms with E-state index in [2.05, 4.69) is 25.5 Å². The van der Waals surface area contributed by atoms with Crippen molar-refractivity contribution in [2.24, 2.45) is 0 Å². The number of nitrogens with zero attached hydrogens (tertiary/aromatic N) is 3. The van der Waals surface area contributed by atoms with Crippen LogP contribution in [0.5, 0.6) is 0 Å². The fraction of sp³-hybridized carbons (Fsp3) is 0.538. The molecule has 3 rings (SSSR count). The molecule has 0 radical (unpaired) electrons. The molecule has 1 aromatic rings. The maximum atomic E-state index is 12.0. The summed E-state index contributed by atoms with van der Waals surface area (Å²) >= 11 is 0. The third-order valence-electron chi connectivity index (χ3n) is 3.55.